The number of halogens is 1. The molecular weight excluding hydrogens is 320 g/mol. The molecule has 1 aromatic carbocycles. The predicted molar refractivity (Wildman–Crippen MR) is 88.1 cm³/mol. The number of rotatable bonds is 5. The van der Waals surface area contributed by atoms with Crippen molar-refractivity contribution in [1.29, 1.82) is 0 Å². The Labute approximate surface area is 131 Å². The summed E-state index contributed by atoms with van der Waals surface area (Å²) < 4.78 is 11.1. The van der Waals surface area contributed by atoms with Crippen LogP contribution in [0, 0.1) is 0 Å². The van der Waals surface area contributed by atoms with Crippen molar-refractivity contribution in [2.24, 2.45) is 0 Å². The Morgan fingerprint density at radius 2 is 1.55 bits per heavy atom. The third-order valence-corrected chi connectivity index (χ3v) is 2.58. The molecular formula is C16H25BrO3. The fraction of sp³-hybridized carbons (Fsp3) is 0.438. The second-order valence-electron chi connectivity index (χ2n) is 3.54. The van der Waals surface area contributed by atoms with Crippen LogP contribution < -0.4 is 0 Å². The highest BCUT2D eigenvalue weighted by Crippen LogP contribution is 2.10. The largest absolute Gasteiger partial charge is 0.353 e. The molecule has 0 aliphatic carbocycles. The van der Waals surface area contributed by atoms with Crippen molar-refractivity contribution in [2.75, 3.05) is 13.2 Å². The fourth-order valence-electron chi connectivity index (χ4n) is 1.20. The Kier molecular flexibility index (Phi) is 15.4. The van der Waals surface area contributed by atoms with Gasteiger partial charge in [0, 0.05) is 23.2 Å². The molecule has 4 heteroatoms. The predicted octanol–water partition coefficient (Wildman–Crippen LogP) is 4.86. The van der Waals surface area contributed by atoms with E-state index in [-0.39, 0.29) is 12.1 Å². The van der Waals surface area contributed by atoms with Crippen LogP contribution in [0.15, 0.2) is 41.9 Å². The van der Waals surface area contributed by atoms with Crippen molar-refractivity contribution in [3.8, 4) is 0 Å². The van der Waals surface area contributed by atoms with Crippen LogP contribution in [0.5, 0.6) is 0 Å². The molecule has 0 saturated carbocycles. The summed E-state index contributed by atoms with van der Waals surface area (Å²) in [6, 6.07) is 7.31. The number of benzene rings is 1. The van der Waals surface area contributed by atoms with E-state index >= 15 is 0 Å². The van der Waals surface area contributed by atoms with Crippen molar-refractivity contribution in [2.45, 2.75) is 34.0 Å². The molecule has 0 fully saturated rings. The lowest BCUT2D eigenvalue weighted by Crippen LogP contribution is -2.11. The molecule has 0 aromatic heterocycles. The normalized spacial score (nSPS) is 9.10. The zero-order valence-electron chi connectivity index (χ0n) is 12.8. The van der Waals surface area contributed by atoms with Gasteiger partial charge in [-0.25, -0.2) is 0 Å². The van der Waals surface area contributed by atoms with Gasteiger partial charge >= 0.3 is 0 Å². The number of carbonyl (C=O) groups is 1. The molecule has 0 N–H and O–H groups in total. The number of ether oxygens (including phenoxy) is 2. The molecule has 0 amide bonds. The van der Waals surface area contributed by atoms with Gasteiger partial charge < -0.3 is 9.47 Å². The number of hydrogen-bond donors (Lipinski definition) is 0. The topological polar surface area (TPSA) is 35.5 Å². The Morgan fingerprint density at radius 3 is 1.85 bits per heavy atom. The smallest absolute Gasteiger partial charge is 0.159 e. The summed E-state index contributed by atoms with van der Waals surface area (Å²) in [5.41, 5.74) is 0.753. The molecule has 1 rings (SSSR count). The first-order chi connectivity index (χ1) is 9.51. The van der Waals surface area contributed by atoms with Crippen LogP contribution in [0.3, 0.4) is 0 Å². The van der Waals surface area contributed by atoms with Gasteiger partial charge in [0.1, 0.15) is 0 Å². The second-order valence-corrected chi connectivity index (χ2v) is 4.46. The van der Waals surface area contributed by atoms with Crippen LogP contribution in [0.25, 0.3) is 0 Å². The monoisotopic (exact) mass is 344 g/mol. The van der Waals surface area contributed by atoms with Crippen molar-refractivity contribution >= 4 is 21.7 Å². The van der Waals surface area contributed by atoms with Crippen LogP contribution in [-0.2, 0) is 9.47 Å². The molecule has 0 aliphatic rings. The highest BCUT2D eigenvalue weighted by molar-refractivity contribution is 9.10. The van der Waals surface area contributed by atoms with Crippen molar-refractivity contribution in [3.05, 3.63) is 47.5 Å². The van der Waals surface area contributed by atoms with E-state index in [1.165, 1.54) is 0 Å². The third-order valence-electron chi connectivity index (χ3n) is 2.05. The van der Waals surface area contributed by atoms with E-state index in [0.29, 0.717) is 0 Å². The average Bonchev–Trinajstić information content (AvgIpc) is 2.43. The highest BCUT2D eigenvalue weighted by Gasteiger charge is 1.96. The zero-order chi connectivity index (χ0) is 16.0. The lowest BCUT2D eigenvalue weighted by molar-refractivity contribution is -0.123. The molecule has 0 aliphatic heterocycles. The molecule has 0 bridgehead atoms. The number of ketones is 1. The molecule has 0 heterocycles. The van der Waals surface area contributed by atoms with E-state index in [1.807, 2.05) is 32.9 Å². The van der Waals surface area contributed by atoms with Crippen molar-refractivity contribution in [1.82, 2.24) is 0 Å². The number of Topliss-reactive ketones (excluding diaryl/α,β-unsaturated/α-hetero) is 1. The quantitative estimate of drug-likeness (QED) is 0.434. The minimum Gasteiger partial charge on any atom is -0.353 e. The summed E-state index contributed by atoms with van der Waals surface area (Å²) in [5.74, 6) is 0.104. The first-order valence-electron chi connectivity index (χ1n) is 6.50. The lowest BCUT2D eigenvalue weighted by Gasteiger charge is -2.09. The van der Waals surface area contributed by atoms with Gasteiger partial charge in [-0.1, -0.05) is 28.1 Å². The minimum absolute atomic E-state index is 0.0370. The molecule has 0 radical (unpaired) electrons. The van der Waals surface area contributed by atoms with E-state index in [1.54, 1.807) is 19.1 Å². The van der Waals surface area contributed by atoms with Crippen LogP contribution in [0.1, 0.15) is 38.1 Å². The first kappa shape index (κ1) is 21.3. The Hall–Kier alpha value is -0.970. The Morgan fingerprint density at radius 1 is 1.15 bits per heavy atom. The van der Waals surface area contributed by atoms with Crippen LogP contribution in [0.2, 0.25) is 0 Å². The maximum absolute atomic E-state index is 10.7. The summed E-state index contributed by atoms with van der Waals surface area (Å²) >= 11 is 3.28. The van der Waals surface area contributed by atoms with Crippen molar-refractivity contribution < 1.29 is 14.3 Å². The summed E-state index contributed by atoms with van der Waals surface area (Å²) in [7, 11) is 0. The van der Waals surface area contributed by atoms with E-state index in [9.17, 15) is 4.79 Å². The first-order valence-corrected chi connectivity index (χ1v) is 7.30. The molecule has 0 unspecified atom stereocenters. The summed E-state index contributed by atoms with van der Waals surface area (Å²) in [5, 5.41) is 0. The van der Waals surface area contributed by atoms with Crippen LogP contribution >= 0.6 is 15.9 Å². The van der Waals surface area contributed by atoms with Gasteiger partial charge in [0.25, 0.3) is 0 Å². The van der Waals surface area contributed by atoms with Gasteiger partial charge in [-0.05, 0) is 39.8 Å². The molecule has 0 atom stereocenters. The van der Waals surface area contributed by atoms with E-state index in [4.69, 9.17) is 9.47 Å². The van der Waals surface area contributed by atoms with E-state index in [0.717, 1.165) is 23.2 Å². The van der Waals surface area contributed by atoms with Gasteiger partial charge in [-0.3, -0.25) is 4.79 Å². The molecule has 3 nitrogen and oxygen atoms in total. The SMILES string of the molecule is C=C.CC(=O)c1ccc(Br)cc1.CCOC(C)OCC. The molecule has 0 spiro atoms. The molecule has 0 saturated heterocycles. The van der Waals surface area contributed by atoms with Gasteiger partial charge in [0.05, 0.1) is 0 Å². The van der Waals surface area contributed by atoms with Crippen molar-refractivity contribution in [3.63, 3.8) is 0 Å². The standard InChI is InChI=1S/C8H7BrO.C6H14O2.C2H4/c1-6(10)7-2-4-8(9)5-3-7;1-4-7-6(3)8-5-2;1-2/h2-5H,1H3;6H,4-5H2,1-3H3;1-2H2. The summed E-state index contributed by atoms with van der Waals surface area (Å²) in [6.45, 7) is 14.8. The second kappa shape index (κ2) is 14.4. The van der Waals surface area contributed by atoms with Gasteiger partial charge in [-0.2, -0.15) is 0 Å². The van der Waals surface area contributed by atoms with Gasteiger partial charge in [0.15, 0.2) is 12.1 Å². The zero-order valence-corrected chi connectivity index (χ0v) is 14.4. The van der Waals surface area contributed by atoms with Crippen LogP contribution in [-0.4, -0.2) is 25.3 Å². The maximum atomic E-state index is 10.7. The molecule has 1 aromatic rings. The summed E-state index contributed by atoms with van der Waals surface area (Å²) in [4.78, 5) is 10.7. The minimum atomic E-state index is -0.0370. The maximum Gasteiger partial charge on any atom is 0.159 e. The molecule has 20 heavy (non-hydrogen) atoms. The lowest BCUT2D eigenvalue weighted by atomic mass is 10.2. The number of carbonyl (C=O) groups excluding carboxylic acids is 1. The third kappa shape index (κ3) is 12.1. The fourth-order valence-corrected chi connectivity index (χ4v) is 1.47. The highest BCUT2D eigenvalue weighted by atomic mass is 79.9. The Balaban J connectivity index is 0. The van der Waals surface area contributed by atoms with E-state index in [2.05, 4.69) is 29.1 Å². The van der Waals surface area contributed by atoms with E-state index < -0.39 is 0 Å². The Bertz CT molecular complexity index is 343. The number of hydrogen-bond acceptors (Lipinski definition) is 3. The van der Waals surface area contributed by atoms with Gasteiger partial charge in [0.2, 0.25) is 0 Å². The molecule has 114 valence electrons. The summed E-state index contributed by atoms with van der Waals surface area (Å²) in [6.07, 6.45) is -0.0370. The van der Waals surface area contributed by atoms with Gasteiger partial charge in [-0.15, -0.1) is 13.2 Å². The van der Waals surface area contributed by atoms with Crippen LogP contribution in [0.4, 0.5) is 0 Å². The average molecular weight is 345 g/mol.